The molecule has 1 aliphatic rings. The molecule has 0 aromatic heterocycles. The average Bonchev–Trinajstić information content (AvgIpc) is 2.56. The van der Waals surface area contributed by atoms with Gasteiger partial charge in [-0.15, -0.1) is 0 Å². The number of aliphatic hydroxyl groups is 4. The van der Waals surface area contributed by atoms with E-state index in [1.54, 1.807) is 0 Å². The van der Waals surface area contributed by atoms with E-state index in [0.717, 1.165) is 6.04 Å². The van der Waals surface area contributed by atoms with Crippen molar-refractivity contribution in [2.45, 2.75) is 25.2 Å². The highest BCUT2D eigenvalue weighted by molar-refractivity contribution is 6.24. The molecule has 2 atom stereocenters. The van der Waals surface area contributed by atoms with Gasteiger partial charge in [0.05, 0.1) is 6.61 Å². The SMILES string of the molecule is CC[SiH2]O.O=C1O[C@H]([C@@H](O)CO)C(O)=C1O. The molecule has 0 saturated heterocycles. The van der Waals surface area contributed by atoms with E-state index >= 15 is 0 Å². The molecular formula is C8H16O7Si. The summed E-state index contributed by atoms with van der Waals surface area (Å²) in [6.45, 7) is 1.32. The van der Waals surface area contributed by atoms with E-state index in [-0.39, 0.29) is 0 Å². The maximum absolute atomic E-state index is 10.5. The molecule has 8 heteroatoms. The quantitative estimate of drug-likeness (QED) is 0.293. The molecule has 0 bridgehead atoms. The number of cyclic esters (lactones) is 1. The highest BCUT2D eigenvalue weighted by atomic mass is 28.2. The molecular weight excluding hydrogens is 236 g/mol. The van der Waals surface area contributed by atoms with Gasteiger partial charge in [-0.2, -0.15) is 0 Å². The molecule has 0 aromatic rings. The summed E-state index contributed by atoms with van der Waals surface area (Å²) >= 11 is 0. The molecule has 7 nitrogen and oxygen atoms in total. The van der Waals surface area contributed by atoms with E-state index < -0.39 is 46.1 Å². The van der Waals surface area contributed by atoms with Crippen LogP contribution in [0.1, 0.15) is 6.92 Å². The van der Waals surface area contributed by atoms with Gasteiger partial charge in [0.1, 0.15) is 6.10 Å². The van der Waals surface area contributed by atoms with Crippen LogP contribution >= 0.6 is 0 Å². The van der Waals surface area contributed by atoms with Crippen molar-refractivity contribution in [1.29, 1.82) is 0 Å². The van der Waals surface area contributed by atoms with Crippen LogP contribution in [0.25, 0.3) is 0 Å². The number of ether oxygens (including phenoxy) is 1. The Morgan fingerprint density at radius 2 is 2.00 bits per heavy atom. The molecule has 1 heterocycles. The topological polar surface area (TPSA) is 127 Å². The van der Waals surface area contributed by atoms with Gasteiger partial charge in [-0.05, 0) is 6.04 Å². The van der Waals surface area contributed by atoms with Crippen molar-refractivity contribution in [2.24, 2.45) is 0 Å². The summed E-state index contributed by atoms with van der Waals surface area (Å²) in [5.74, 6) is -2.78. The summed E-state index contributed by atoms with van der Waals surface area (Å²) in [6, 6.07) is 1.01. The van der Waals surface area contributed by atoms with Crippen LogP contribution in [0.15, 0.2) is 11.5 Å². The number of hydrogen-bond acceptors (Lipinski definition) is 7. The van der Waals surface area contributed by atoms with E-state index in [9.17, 15) is 4.79 Å². The fourth-order valence-corrected chi connectivity index (χ4v) is 0.823. The van der Waals surface area contributed by atoms with E-state index in [1.807, 2.05) is 6.92 Å². The fraction of sp³-hybridized carbons (Fsp3) is 0.625. The van der Waals surface area contributed by atoms with Crippen molar-refractivity contribution in [1.82, 2.24) is 0 Å². The Labute approximate surface area is 94.5 Å². The third-order valence-electron chi connectivity index (χ3n) is 1.70. The van der Waals surface area contributed by atoms with Crippen LogP contribution in [0.2, 0.25) is 6.04 Å². The molecule has 0 aliphatic carbocycles. The molecule has 0 radical (unpaired) electrons. The van der Waals surface area contributed by atoms with Gasteiger partial charge in [0, 0.05) is 0 Å². The number of carbonyl (C=O) groups is 1. The van der Waals surface area contributed by atoms with Crippen LogP contribution in [-0.2, 0) is 9.53 Å². The first-order valence-corrected chi connectivity index (χ1v) is 6.35. The van der Waals surface area contributed by atoms with E-state index in [0.29, 0.717) is 0 Å². The van der Waals surface area contributed by atoms with Gasteiger partial charge in [-0.1, -0.05) is 6.92 Å². The van der Waals surface area contributed by atoms with Crippen molar-refractivity contribution in [3.63, 3.8) is 0 Å². The second-order valence-corrected chi connectivity index (χ2v) is 4.48. The Bertz CT molecular complexity index is 263. The second-order valence-electron chi connectivity index (χ2n) is 3.03. The third kappa shape index (κ3) is 3.81. The molecule has 94 valence electrons. The molecule has 5 N–H and O–H groups in total. The molecule has 0 amide bonds. The summed E-state index contributed by atoms with van der Waals surface area (Å²) in [5, 5.41) is 35.0. The molecule has 0 spiro atoms. The predicted molar refractivity (Wildman–Crippen MR) is 56.5 cm³/mol. The first-order chi connectivity index (χ1) is 7.49. The van der Waals surface area contributed by atoms with Gasteiger partial charge in [0.15, 0.2) is 21.6 Å². The number of esters is 1. The Balaban J connectivity index is 0.000000487. The minimum Gasteiger partial charge on any atom is -0.505 e. The Kier molecular flexibility index (Phi) is 6.73. The van der Waals surface area contributed by atoms with Gasteiger partial charge >= 0.3 is 5.97 Å². The zero-order valence-corrected chi connectivity index (χ0v) is 10.2. The fourth-order valence-electron chi connectivity index (χ4n) is 0.823. The van der Waals surface area contributed by atoms with Crippen molar-refractivity contribution < 1.29 is 34.8 Å². The molecule has 0 unspecified atom stereocenters. The zero-order chi connectivity index (χ0) is 12.7. The molecule has 1 aliphatic heterocycles. The van der Waals surface area contributed by atoms with Crippen LogP contribution in [-0.4, -0.2) is 59.8 Å². The zero-order valence-electron chi connectivity index (χ0n) is 8.83. The normalized spacial score (nSPS) is 22.0. The maximum atomic E-state index is 10.5. The van der Waals surface area contributed by atoms with E-state index in [4.69, 9.17) is 25.2 Å². The monoisotopic (exact) mass is 252 g/mol. The number of rotatable bonds is 3. The lowest BCUT2D eigenvalue weighted by Gasteiger charge is -2.13. The molecule has 1 rings (SSSR count). The number of hydrogen-bond donors (Lipinski definition) is 5. The molecule has 16 heavy (non-hydrogen) atoms. The smallest absolute Gasteiger partial charge is 0.377 e. The number of carbonyl (C=O) groups excluding carboxylic acids is 1. The van der Waals surface area contributed by atoms with Gasteiger partial charge in [0.25, 0.3) is 0 Å². The van der Waals surface area contributed by atoms with Gasteiger partial charge in [-0.3, -0.25) is 0 Å². The minimum atomic E-state index is -1.42. The van der Waals surface area contributed by atoms with E-state index in [1.165, 1.54) is 0 Å². The van der Waals surface area contributed by atoms with Crippen LogP contribution in [0, 0.1) is 0 Å². The first kappa shape index (κ1) is 14.9. The highest BCUT2D eigenvalue weighted by Gasteiger charge is 2.38. The summed E-state index contributed by atoms with van der Waals surface area (Å²) in [7, 11) is -0.576. The van der Waals surface area contributed by atoms with Gasteiger partial charge in [0.2, 0.25) is 5.76 Å². The first-order valence-electron chi connectivity index (χ1n) is 4.72. The largest absolute Gasteiger partial charge is 0.505 e. The Hall–Kier alpha value is -1.09. The molecule has 0 aromatic carbocycles. The lowest BCUT2D eigenvalue weighted by atomic mass is 10.2. The number of aliphatic hydroxyl groups excluding tert-OH is 4. The van der Waals surface area contributed by atoms with Crippen molar-refractivity contribution >= 4 is 15.7 Å². The van der Waals surface area contributed by atoms with E-state index in [2.05, 4.69) is 4.74 Å². The van der Waals surface area contributed by atoms with Crippen molar-refractivity contribution in [2.75, 3.05) is 6.61 Å². The minimum absolute atomic E-state index is 0.576. The average molecular weight is 252 g/mol. The lowest BCUT2D eigenvalue weighted by Crippen LogP contribution is -2.31. The highest BCUT2D eigenvalue weighted by Crippen LogP contribution is 2.20. The lowest BCUT2D eigenvalue weighted by molar-refractivity contribution is -0.147. The Morgan fingerprint density at radius 3 is 2.25 bits per heavy atom. The van der Waals surface area contributed by atoms with Crippen molar-refractivity contribution in [3.05, 3.63) is 11.5 Å². The molecule has 0 saturated carbocycles. The summed E-state index contributed by atoms with van der Waals surface area (Å²) < 4.78 is 4.32. The summed E-state index contributed by atoms with van der Waals surface area (Å²) in [5.41, 5.74) is 0. The van der Waals surface area contributed by atoms with Gasteiger partial charge in [-0.25, -0.2) is 4.79 Å². The Morgan fingerprint density at radius 1 is 1.50 bits per heavy atom. The third-order valence-corrected chi connectivity index (χ3v) is 2.15. The standard InChI is InChI=1S/C6H8O6.C2H8OSi/c7-1-2(8)5-3(9)4(10)6(11)12-5;1-2-4-3/h2,5,7-10H,1H2;3H,2,4H2,1H3/t2-,5+;/m0./s1. The predicted octanol–water partition coefficient (Wildman–Crippen LogP) is -1.91. The van der Waals surface area contributed by atoms with Crippen molar-refractivity contribution in [3.8, 4) is 0 Å². The molecule has 0 fully saturated rings. The summed E-state index contributed by atoms with van der Waals surface area (Å²) in [6.07, 6.45) is -2.78. The van der Waals surface area contributed by atoms with Gasteiger partial charge < -0.3 is 30.0 Å². The van der Waals surface area contributed by atoms with Crippen LogP contribution in [0.4, 0.5) is 0 Å². The van der Waals surface area contributed by atoms with Crippen LogP contribution in [0.5, 0.6) is 0 Å². The second kappa shape index (κ2) is 7.22. The maximum Gasteiger partial charge on any atom is 0.377 e. The summed E-state index contributed by atoms with van der Waals surface area (Å²) in [4.78, 5) is 18.5. The van der Waals surface area contributed by atoms with Crippen LogP contribution in [0.3, 0.4) is 0 Å². The van der Waals surface area contributed by atoms with Crippen LogP contribution < -0.4 is 0 Å².